The van der Waals surface area contributed by atoms with Gasteiger partial charge in [-0.1, -0.05) is 54.4 Å². The highest BCUT2D eigenvalue weighted by Gasteiger charge is 2.34. The first-order valence-electron chi connectivity index (χ1n) is 14.0. The minimum absolute atomic E-state index is 0.0277. The lowest BCUT2D eigenvalue weighted by Crippen LogP contribution is -2.60. The number of aliphatic carboxylic acids is 1. The van der Waals surface area contributed by atoms with E-state index in [1.54, 1.807) is 13.8 Å². The minimum Gasteiger partial charge on any atom is -0.481 e. The maximum Gasteiger partial charge on any atom is 0.305 e. The minimum atomic E-state index is -1.47. The number of amides is 5. The monoisotopic (exact) mass is 553 g/mol. The van der Waals surface area contributed by atoms with Crippen LogP contribution in [-0.4, -0.2) is 71.3 Å². The molecule has 1 rings (SSSR count). The Morgan fingerprint density at radius 3 is 1.97 bits per heavy atom. The van der Waals surface area contributed by atoms with Gasteiger partial charge in [0.05, 0.1) is 6.42 Å². The Kier molecular flexibility index (Phi) is 14.5. The van der Waals surface area contributed by atoms with Crippen molar-refractivity contribution in [3.8, 4) is 0 Å². The van der Waals surface area contributed by atoms with Crippen molar-refractivity contribution in [2.24, 2.45) is 17.8 Å². The molecule has 0 bridgehead atoms. The molecule has 12 heteroatoms. The zero-order valence-corrected chi connectivity index (χ0v) is 24.1. The summed E-state index contributed by atoms with van der Waals surface area (Å²) in [5.74, 6) is -4.62. The molecule has 0 spiro atoms. The summed E-state index contributed by atoms with van der Waals surface area (Å²) in [4.78, 5) is 76.6. The van der Waals surface area contributed by atoms with E-state index in [-0.39, 0.29) is 36.5 Å². The van der Waals surface area contributed by atoms with E-state index >= 15 is 0 Å². The molecule has 12 nitrogen and oxygen atoms in total. The van der Waals surface area contributed by atoms with Crippen molar-refractivity contribution in [1.82, 2.24) is 26.6 Å². The Balaban J connectivity index is 3.36. The zero-order chi connectivity index (χ0) is 29.7. The highest BCUT2D eigenvalue weighted by molar-refractivity contribution is 5.96. The van der Waals surface area contributed by atoms with Gasteiger partial charge >= 0.3 is 5.97 Å². The van der Waals surface area contributed by atoms with Gasteiger partial charge in [0.1, 0.15) is 24.2 Å². The zero-order valence-electron chi connectivity index (χ0n) is 24.1. The molecule has 1 saturated heterocycles. The molecular weight excluding hydrogens is 506 g/mol. The molecule has 0 saturated carbocycles. The lowest BCUT2D eigenvalue weighted by Gasteiger charge is -2.28. The molecule has 0 radical (unpaired) electrons. The summed E-state index contributed by atoms with van der Waals surface area (Å²) in [6.45, 7) is 11.3. The Morgan fingerprint density at radius 2 is 1.41 bits per heavy atom. The van der Waals surface area contributed by atoms with Crippen molar-refractivity contribution in [3.05, 3.63) is 0 Å². The molecular formula is C27H47N5O7. The fourth-order valence-corrected chi connectivity index (χ4v) is 4.27. The van der Waals surface area contributed by atoms with Crippen LogP contribution >= 0.6 is 0 Å². The summed E-state index contributed by atoms with van der Waals surface area (Å²) in [6.07, 6.45) is 2.18. The molecule has 1 aliphatic heterocycles. The van der Waals surface area contributed by atoms with E-state index in [4.69, 9.17) is 0 Å². The first-order chi connectivity index (χ1) is 18.3. The summed E-state index contributed by atoms with van der Waals surface area (Å²) < 4.78 is 0. The van der Waals surface area contributed by atoms with Crippen molar-refractivity contribution in [2.75, 3.05) is 6.54 Å². The second kappa shape index (κ2) is 16.7. The lowest BCUT2D eigenvalue weighted by molar-refractivity contribution is -0.141. The molecule has 5 amide bonds. The maximum atomic E-state index is 13.3. The number of carbonyl (C=O) groups is 6. The van der Waals surface area contributed by atoms with Gasteiger partial charge in [-0.05, 0) is 37.0 Å². The highest BCUT2D eigenvalue weighted by atomic mass is 16.4. The van der Waals surface area contributed by atoms with E-state index in [9.17, 15) is 33.9 Å². The summed E-state index contributed by atoms with van der Waals surface area (Å²) in [5, 5.41) is 22.7. The smallest absolute Gasteiger partial charge is 0.305 e. The van der Waals surface area contributed by atoms with E-state index in [0.717, 1.165) is 0 Å². The van der Waals surface area contributed by atoms with Crippen LogP contribution in [0.15, 0.2) is 0 Å². The molecule has 0 aromatic heterocycles. The Bertz CT molecular complexity index is 877. The third-order valence-electron chi connectivity index (χ3n) is 6.79. The normalized spacial score (nSPS) is 25.8. The van der Waals surface area contributed by atoms with Crippen molar-refractivity contribution in [3.63, 3.8) is 0 Å². The fourth-order valence-electron chi connectivity index (χ4n) is 4.27. The Hall–Kier alpha value is -3.18. The molecule has 1 aliphatic rings. The van der Waals surface area contributed by atoms with Crippen molar-refractivity contribution in [2.45, 2.75) is 111 Å². The summed E-state index contributed by atoms with van der Waals surface area (Å²) in [6, 6.07) is -4.35. The largest absolute Gasteiger partial charge is 0.481 e. The number of nitrogens with one attached hydrogen (secondary N) is 5. The topological polar surface area (TPSA) is 183 Å². The third kappa shape index (κ3) is 12.0. The predicted octanol–water partition coefficient (Wildman–Crippen LogP) is 0.839. The molecule has 1 heterocycles. The van der Waals surface area contributed by atoms with Crippen LogP contribution < -0.4 is 26.6 Å². The summed E-state index contributed by atoms with van der Waals surface area (Å²) in [7, 11) is 0. The second-order valence-corrected chi connectivity index (χ2v) is 11.1. The van der Waals surface area contributed by atoms with Gasteiger partial charge in [-0.2, -0.15) is 0 Å². The lowest BCUT2D eigenvalue weighted by atomic mass is 9.96. The molecule has 0 unspecified atom stereocenters. The van der Waals surface area contributed by atoms with Crippen LogP contribution in [0.3, 0.4) is 0 Å². The van der Waals surface area contributed by atoms with E-state index in [1.165, 1.54) is 0 Å². The van der Waals surface area contributed by atoms with Gasteiger partial charge in [-0.15, -0.1) is 0 Å². The molecule has 0 aliphatic carbocycles. The van der Waals surface area contributed by atoms with Gasteiger partial charge < -0.3 is 31.7 Å². The molecule has 0 aromatic rings. The highest BCUT2D eigenvalue weighted by Crippen LogP contribution is 2.13. The molecule has 6 N–H and O–H groups in total. The summed E-state index contributed by atoms with van der Waals surface area (Å²) >= 11 is 0. The quantitative estimate of drug-likeness (QED) is 0.270. The van der Waals surface area contributed by atoms with Gasteiger partial charge in [-0.25, -0.2) is 0 Å². The molecule has 39 heavy (non-hydrogen) atoms. The number of carbonyl (C=O) groups excluding carboxylic acids is 5. The summed E-state index contributed by atoms with van der Waals surface area (Å²) in [5.41, 5.74) is 0. The van der Waals surface area contributed by atoms with Crippen LogP contribution in [0.1, 0.15) is 86.5 Å². The van der Waals surface area contributed by atoms with Crippen LogP contribution in [0.25, 0.3) is 0 Å². The van der Waals surface area contributed by atoms with Crippen LogP contribution in [0.5, 0.6) is 0 Å². The van der Waals surface area contributed by atoms with E-state index in [1.807, 2.05) is 27.7 Å². The van der Waals surface area contributed by atoms with Crippen molar-refractivity contribution >= 4 is 35.5 Å². The third-order valence-corrected chi connectivity index (χ3v) is 6.79. The molecule has 1 fully saturated rings. The average Bonchev–Trinajstić information content (AvgIpc) is 2.84. The van der Waals surface area contributed by atoms with Gasteiger partial charge in [-0.3, -0.25) is 28.8 Å². The van der Waals surface area contributed by atoms with Crippen LogP contribution in [0, 0.1) is 17.8 Å². The first kappa shape index (κ1) is 33.8. The van der Waals surface area contributed by atoms with Crippen LogP contribution in [0.4, 0.5) is 0 Å². The van der Waals surface area contributed by atoms with Crippen LogP contribution in [-0.2, 0) is 28.8 Å². The fraction of sp³-hybridized carbons (Fsp3) is 0.778. The number of carboxylic acids is 1. The maximum absolute atomic E-state index is 13.3. The number of rotatable bonds is 7. The SMILES string of the molecule is CC[C@H](C)[C@@H]1NC(=O)CCCCCNC(=O)[C@H](C(C)C)NC(=O)[C@H](CC(=O)O)NC(=O)[C@H](CC(C)C)NC1=O. The van der Waals surface area contributed by atoms with Crippen molar-refractivity contribution in [1.29, 1.82) is 0 Å². The predicted molar refractivity (Wildman–Crippen MR) is 145 cm³/mol. The molecule has 0 aromatic carbocycles. The second-order valence-electron chi connectivity index (χ2n) is 11.1. The standard InChI is InChI=1S/C27H47N5O7/c1-7-17(6)23-27(39)30-18(13-15(2)3)24(36)29-19(14-21(34)35)25(37)32-22(16(4)5)26(38)28-12-10-8-9-11-20(33)31-23/h15-19,22-23H,7-14H2,1-6H3,(H,28,38)(H,29,36)(H,30,39)(H,31,33)(H,32,37)(H,34,35)/t17-,18-,19-,22-,23-/m0/s1. The van der Waals surface area contributed by atoms with E-state index in [2.05, 4.69) is 26.6 Å². The molecule has 222 valence electrons. The number of hydrogen-bond donors (Lipinski definition) is 6. The average molecular weight is 554 g/mol. The molecule has 5 atom stereocenters. The van der Waals surface area contributed by atoms with Gasteiger partial charge in [0.2, 0.25) is 29.5 Å². The van der Waals surface area contributed by atoms with E-state index < -0.39 is 60.2 Å². The van der Waals surface area contributed by atoms with Crippen LogP contribution in [0.2, 0.25) is 0 Å². The van der Waals surface area contributed by atoms with Gasteiger partial charge in [0.25, 0.3) is 0 Å². The first-order valence-corrected chi connectivity index (χ1v) is 14.0. The van der Waals surface area contributed by atoms with Crippen molar-refractivity contribution < 1.29 is 33.9 Å². The Labute approximate surface area is 231 Å². The number of carboxylic acid groups (broad SMARTS) is 1. The van der Waals surface area contributed by atoms with Gasteiger partial charge in [0, 0.05) is 13.0 Å². The van der Waals surface area contributed by atoms with Gasteiger partial charge in [0.15, 0.2) is 0 Å². The van der Waals surface area contributed by atoms with E-state index in [0.29, 0.717) is 32.2 Å². The number of hydrogen-bond acceptors (Lipinski definition) is 6. The Morgan fingerprint density at radius 1 is 0.795 bits per heavy atom.